The number of benzene rings is 1. The number of hydrogen-bond donors (Lipinski definition) is 2. The van der Waals surface area contributed by atoms with Crippen LogP contribution in [0.25, 0.3) is 0 Å². The fourth-order valence-corrected chi connectivity index (χ4v) is 4.14. The zero-order valence-electron chi connectivity index (χ0n) is 13.3. The summed E-state index contributed by atoms with van der Waals surface area (Å²) < 4.78 is 26.0. The van der Waals surface area contributed by atoms with Gasteiger partial charge in [-0.15, -0.1) is 10.2 Å². The number of rotatable bonds is 8. The summed E-state index contributed by atoms with van der Waals surface area (Å²) in [5.41, 5.74) is 3.45. The van der Waals surface area contributed by atoms with Crippen molar-refractivity contribution in [2.45, 2.75) is 25.1 Å². The van der Waals surface area contributed by atoms with Crippen molar-refractivity contribution < 1.29 is 8.42 Å². The molecule has 126 valence electrons. The van der Waals surface area contributed by atoms with Crippen LogP contribution in [0.1, 0.15) is 18.1 Å². The van der Waals surface area contributed by atoms with Crippen molar-refractivity contribution in [2.75, 3.05) is 23.4 Å². The Morgan fingerprint density at radius 2 is 2.00 bits per heavy atom. The Balaban J connectivity index is 1.84. The van der Waals surface area contributed by atoms with Crippen molar-refractivity contribution in [3.8, 4) is 0 Å². The summed E-state index contributed by atoms with van der Waals surface area (Å²) in [6.07, 6.45) is 0. The molecular formula is C14H20N4O2S3. The van der Waals surface area contributed by atoms with Gasteiger partial charge >= 0.3 is 0 Å². The van der Waals surface area contributed by atoms with Gasteiger partial charge in [-0.25, -0.2) is 13.1 Å². The van der Waals surface area contributed by atoms with E-state index in [2.05, 4.69) is 46.2 Å². The van der Waals surface area contributed by atoms with Gasteiger partial charge in [0.1, 0.15) is 0 Å². The average molecular weight is 373 g/mol. The molecule has 9 heteroatoms. The molecule has 0 atom stereocenters. The van der Waals surface area contributed by atoms with Crippen LogP contribution in [0, 0.1) is 13.8 Å². The van der Waals surface area contributed by atoms with Crippen LogP contribution < -0.4 is 10.0 Å². The molecule has 0 unspecified atom stereocenters. The van der Waals surface area contributed by atoms with E-state index in [1.54, 1.807) is 6.92 Å². The van der Waals surface area contributed by atoms with Gasteiger partial charge in [0.05, 0.1) is 5.75 Å². The SMILES string of the molecule is CCS(=O)(=O)NCCSc1nnc(Nc2ccc(C)c(C)c2)s1. The Morgan fingerprint density at radius 3 is 2.70 bits per heavy atom. The van der Waals surface area contributed by atoms with Crippen molar-refractivity contribution in [1.29, 1.82) is 0 Å². The monoisotopic (exact) mass is 372 g/mol. The third-order valence-corrected chi connectivity index (χ3v) is 6.57. The Bertz CT molecular complexity index is 759. The van der Waals surface area contributed by atoms with E-state index in [-0.39, 0.29) is 5.75 Å². The second-order valence-electron chi connectivity index (χ2n) is 4.94. The molecule has 1 aromatic carbocycles. The predicted molar refractivity (Wildman–Crippen MR) is 97.3 cm³/mol. The Labute approximate surface area is 145 Å². The van der Waals surface area contributed by atoms with Crippen LogP contribution in [0.4, 0.5) is 10.8 Å². The van der Waals surface area contributed by atoms with E-state index in [1.807, 2.05) is 6.07 Å². The van der Waals surface area contributed by atoms with Crippen molar-refractivity contribution in [2.24, 2.45) is 0 Å². The highest BCUT2D eigenvalue weighted by Crippen LogP contribution is 2.27. The maximum atomic E-state index is 11.3. The van der Waals surface area contributed by atoms with Crippen molar-refractivity contribution >= 4 is 43.9 Å². The first-order valence-corrected chi connectivity index (χ1v) is 10.6. The molecule has 0 aliphatic carbocycles. The topological polar surface area (TPSA) is 84.0 Å². The van der Waals surface area contributed by atoms with Crippen molar-refractivity contribution in [1.82, 2.24) is 14.9 Å². The van der Waals surface area contributed by atoms with E-state index in [1.165, 1.54) is 34.2 Å². The molecule has 2 rings (SSSR count). The molecule has 2 N–H and O–H groups in total. The van der Waals surface area contributed by atoms with Gasteiger partial charge < -0.3 is 5.32 Å². The molecule has 0 amide bonds. The zero-order chi connectivity index (χ0) is 16.9. The van der Waals surface area contributed by atoms with E-state index in [0.29, 0.717) is 12.3 Å². The molecule has 0 aliphatic heterocycles. The van der Waals surface area contributed by atoms with Crippen LogP contribution in [-0.4, -0.2) is 36.7 Å². The van der Waals surface area contributed by atoms with E-state index >= 15 is 0 Å². The summed E-state index contributed by atoms with van der Waals surface area (Å²) in [6.45, 7) is 6.15. The van der Waals surface area contributed by atoms with E-state index in [0.717, 1.165) is 15.2 Å². The summed E-state index contributed by atoms with van der Waals surface area (Å²) in [7, 11) is -3.13. The van der Waals surface area contributed by atoms with Crippen molar-refractivity contribution in [3.63, 3.8) is 0 Å². The Morgan fingerprint density at radius 1 is 1.22 bits per heavy atom. The molecule has 1 aromatic heterocycles. The zero-order valence-corrected chi connectivity index (χ0v) is 15.7. The summed E-state index contributed by atoms with van der Waals surface area (Å²) in [6, 6.07) is 6.15. The number of nitrogens with zero attached hydrogens (tertiary/aromatic N) is 2. The third-order valence-electron chi connectivity index (χ3n) is 3.19. The highest BCUT2D eigenvalue weighted by molar-refractivity contribution is 8.01. The standard InChI is InChI=1S/C14H20N4O2S3/c1-4-23(19,20)15-7-8-21-14-18-17-13(22-14)16-12-6-5-10(2)11(3)9-12/h5-6,9,15H,4,7-8H2,1-3H3,(H,16,17). The lowest BCUT2D eigenvalue weighted by Gasteiger charge is -2.05. The fraction of sp³-hybridized carbons (Fsp3) is 0.429. The summed E-state index contributed by atoms with van der Waals surface area (Å²) >= 11 is 2.94. The molecule has 0 radical (unpaired) electrons. The number of nitrogens with one attached hydrogen (secondary N) is 2. The van der Waals surface area contributed by atoms with Crippen LogP contribution in [0.5, 0.6) is 0 Å². The van der Waals surface area contributed by atoms with Gasteiger partial charge in [0.2, 0.25) is 15.2 Å². The van der Waals surface area contributed by atoms with Gasteiger partial charge in [-0.3, -0.25) is 0 Å². The van der Waals surface area contributed by atoms with Gasteiger partial charge in [0, 0.05) is 18.0 Å². The van der Waals surface area contributed by atoms with E-state index in [4.69, 9.17) is 0 Å². The van der Waals surface area contributed by atoms with Crippen LogP contribution in [0.3, 0.4) is 0 Å². The van der Waals surface area contributed by atoms with Crippen LogP contribution in [0.2, 0.25) is 0 Å². The van der Waals surface area contributed by atoms with Crippen LogP contribution in [0.15, 0.2) is 22.5 Å². The number of thioether (sulfide) groups is 1. The minimum Gasteiger partial charge on any atom is -0.330 e. The predicted octanol–water partition coefficient (Wildman–Crippen LogP) is 2.93. The third kappa shape index (κ3) is 5.76. The number of anilines is 2. The number of aromatic nitrogens is 2. The smallest absolute Gasteiger partial charge is 0.211 e. The normalized spacial score (nSPS) is 11.6. The molecule has 23 heavy (non-hydrogen) atoms. The molecule has 0 saturated heterocycles. The molecule has 0 aliphatic rings. The van der Waals surface area contributed by atoms with Gasteiger partial charge in [0.25, 0.3) is 0 Å². The average Bonchev–Trinajstić information content (AvgIpc) is 2.95. The summed E-state index contributed by atoms with van der Waals surface area (Å²) in [4.78, 5) is 0. The summed E-state index contributed by atoms with van der Waals surface area (Å²) in [5.74, 6) is 0.720. The summed E-state index contributed by atoms with van der Waals surface area (Å²) in [5, 5.41) is 12.2. The fourth-order valence-electron chi connectivity index (χ4n) is 1.70. The first-order valence-electron chi connectivity index (χ1n) is 7.17. The molecular weight excluding hydrogens is 352 g/mol. The lowest BCUT2D eigenvalue weighted by molar-refractivity contribution is 0.585. The number of aryl methyl sites for hydroxylation is 2. The quantitative estimate of drug-likeness (QED) is 0.547. The molecule has 0 saturated carbocycles. The second-order valence-corrected chi connectivity index (χ2v) is 9.36. The molecule has 0 fully saturated rings. The van der Waals surface area contributed by atoms with E-state index in [9.17, 15) is 8.42 Å². The first-order chi connectivity index (χ1) is 10.9. The molecule has 6 nitrogen and oxygen atoms in total. The molecule has 0 spiro atoms. The van der Waals surface area contributed by atoms with Crippen LogP contribution in [-0.2, 0) is 10.0 Å². The molecule has 0 bridgehead atoms. The van der Waals surface area contributed by atoms with E-state index < -0.39 is 10.0 Å². The van der Waals surface area contributed by atoms with Gasteiger partial charge in [-0.2, -0.15) is 0 Å². The Kier molecular flexibility index (Phi) is 6.40. The second kappa shape index (κ2) is 8.09. The largest absolute Gasteiger partial charge is 0.330 e. The lowest BCUT2D eigenvalue weighted by Crippen LogP contribution is -2.27. The molecule has 1 heterocycles. The van der Waals surface area contributed by atoms with Crippen molar-refractivity contribution in [3.05, 3.63) is 29.3 Å². The maximum absolute atomic E-state index is 11.3. The Hall–Kier alpha value is -1.16. The maximum Gasteiger partial charge on any atom is 0.211 e. The minimum absolute atomic E-state index is 0.0977. The highest BCUT2D eigenvalue weighted by atomic mass is 32.2. The van der Waals surface area contributed by atoms with Gasteiger partial charge in [0.15, 0.2) is 4.34 Å². The number of sulfonamides is 1. The highest BCUT2D eigenvalue weighted by Gasteiger charge is 2.08. The molecule has 2 aromatic rings. The van der Waals surface area contributed by atoms with Crippen LogP contribution >= 0.6 is 23.1 Å². The van der Waals surface area contributed by atoms with Gasteiger partial charge in [-0.05, 0) is 44.0 Å². The number of hydrogen-bond acceptors (Lipinski definition) is 7. The minimum atomic E-state index is -3.13. The first kappa shape index (κ1) is 18.2. The lowest BCUT2D eigenvalue weighted by atomic mass is 10.1. The van der Waals surface area contributed by atoms with Gasteiger partial charge in [-0.1, -0.05) is 29.2 Å².